The Balaban J connectivity index is 2.16. The highest BCUT2D eigenvalue weighted by molar-refractivity contribution is 5.19. The average molecular weight is 165 g/mol. The Morgan fingerprint density at radius 2 is 2.25 bits per heavy atom. The Labute approximate surface area is 73.1 Å². The van der Waals surface area contributed by atoms with Crippen LogP contribution in [0.1, 0.15) is 6.42 Å². The third kappa shape index (κ3) is 3.39. The van der Waals surface area contributed by atoms with Crippen LogP contribution in [-0.4, -0.2) is 20.3 Å². The molecule has 1 aromatic rings. The van der Waals surface area contributed by atoms with Gasteiger partial charge in [-0.3, -0.25) is 0 Å². The lowest BCUT2D eigenvalue weighted by Crippen LogP contribution is -2.00. The van der Waals surface area contributed by atoms with E-state index in [0.29, 0.717) is 6.61 Å². The molecule has 12 heavy (non-hydrogen) atoms. The average Bonchev–Trinajstić information content (AvgIpc) is 2.14. The molecular formula is C10H13O2. The van der Waals surface area contributed by atoms with E-state index in [1.54, 1.807) is 7.11 Å². The Hall–Kier alpha value is -1.02. The number of rotatable bonds is 5. The van der Waals surface area contributed by atoms with Gasteiger partial charge in [0.1, 0.15) is 5.75 Å². The number of hydrogen-bond acceptors (Lipinski definition) is 2. The van der Waals surface area contributed by atoms with Crippen molar-refractivity contribution < 1.29 is 9.47 Å². The summed E-state index contributed by atoms with van der Waals surface area (Å²) in [4.78, 5) is 0. The van der Waals surface area contributed by atoms with Crippen LogP contribution in [0.2, 0.25) is 0 Å². The van der Waals surface area contributed by atoms with Crippen LogP contribution in [0.25, 0.3) is 0 Å². The minimum atomic E-state index is 0.689. The number of para-hydroxylation sites is 1. The fourth-order valence-corrected chi connectivity index (χ4v) is 0.852. The Kier molecular flexibility index (Phi) is 4.24. The lowest BCUT2D eigenvalue weighted by Gasteiger charge is -2.03. The summed E-state index contributed by atoms with van der Waals surface area (Å²) in [6.07, 6.45) is 0.916. The lowest BCUT2D eigenvalue weighted by atomic mass is 10.3. The molecule has 0 fully saturated rings. The smallest absolute Gasteiger partial charge is 0.127 e. The topological polar surface area (TPSA) is 18.5 Å². The normalized spacial score (nSPS) is 9.75. The van der Waals surface area contributed by atoms with Crippen molar-refractivity contribution in [2.45, 2.75) is 6.42 Å². The van der Waals surface area contributed by atoms with Gasteiger partial charge in [0, 0.05) is 26.2 Å². The van der Waals surface area contributed by atoms with Crippen molar-refractivity contribution in [3.05, 3.63) is 30.3 Å². The van der Waals surface area contributed by atoms with Gasteiger partial charge in [0.2, 0.25) is 0 Å². The molecule has 0 saturated carbocycles. The molecule has 0 heterocycles. The zero-order valence-corrected chi connectivity index (χ0v) is 7.25. The number of ether oxygens (including phenoxy) is 2. The minimum absolute atomic E-state index is 0.689. The van der Waals surface area contributed by atoms with Crippen molar-refractivity contribution in [3.63, 3.8) is 0 Å². The molecule has 0 aliphatic carbocycles. The van der Waals surface area contributed by atoms with E-state index in [1.807, 2.05) is 24.3 Å². The molecule has 0 spiro atoms. The van der Waals surface area contributed by atoms with Gasteiger partial charge in [0.25, 0.3) is 0 Å². The summed E-state index contributed by atoms with van der Waals surface area (Å²) in [6, 6.07) is 10.6. The summed E-state index contributed by atoms with van der Waals surface area (Å²) in [5.41, 5.74) is 0. The molecule has 0 aliphatic rings. The van der Waals surface area contributed by atoms with Gasteiger partial charge < -0.3 is 9.47 Å². The summed E-state index contributed by atoms with van der Waals surface area (Å²) in [5.74, 6) is 0.800. The molecule has 0 amide bonds. The van der Waals surface area contributed by atoms with Crippen molar-refractivity contribution in [2.75, 3.05) is 20.3 Å². The standard InChI is InChI=1S/C10H13O2/c1-11-8-5-9-12-10-6-3-2-4-7-10/h2-4,6H,5,8-9H2,1H3. The van der Waals surface area contributed by atoms with Crippen LogP contribution in [0.5, 0.6) is 5.75 Å². The first-order valence-electron chi connectivity index (χ1n) is 4.02. The highest BCUT2D eigenvalue weighted by atomic mass is 16.5. The van der Waals surface area contributed by atoms with Crippen molar-refractivity contribution in [3.8, 4) is 5.75 Å². The van der Waals surface area contributed by atoms with Crippen LogP contribution in [-0.2, 0) is 4.74 Å². The Morgan fingerprint density at radius 3 is 2.92 bits per heavy atom. The van der Waals surface area contributed by atoms with Crippen LogP contribution in [0.3, 0.4) is 0 Å². The van der Waals surface area contributed by atoms with E-state index >= 15 is 0 Å². The molecular weight excluding hydrogens is 152 g/mol. The third-order valence-electron chi connectivity index (χ3n) is 1.43. The molecule has 0 aliphatic heterocycles. The zero-order valence-electron chi connectivity index (χ0n) is 7.25. The SMILES string of the molecule is COCCCOc1[c]cccc1. The van der Waals surface area contributed by atoms with Crippen LogP contribution >= 0.6 is 0 Å². The van der Waals surface area contributed by atoms with Gasteiger partial charge in [-0.05, 0) is 6.07 Å². The molecule has 2 heteroatoms. The van der Waals surface area contributed by atoms with Gasteiger partial charge in [0.15, 0.2) is 0 Å². The summed E-state index contributed by atoms with van der Waals surface area (Å²) in [7, 11) is 1.69. The van der Waals surface area contributed by atoms with Gasteiger partial charge in [-0.25, -0.2) is 0 Å². The number of benzene rings is 1. The second kappa shape index (κ2) is 5.61. The molecule has 0 bridgehead atoms. The van der Waals surface area contributed by atoms with Crippen LogP contribution in [0.4, 0.5) is 0 Å². The van der Waals surface area contributed by atoms with E-state index in [-0.39, 0.29) is 0 Å². The molecule has 0 saturated heterocycles. The van der Waals surface area contributed by atoms with Crippen LogP contribution in [0.15, 0.2) is 24.3 Å². The summed E-state index contributed by atoms with van der Waals surface area (Å²) < 4.78 is 10.3. The second-order valence-electron chi connectivity index (χ2n) is 2.42. The highest BCUT2D eigenvalue weighted by Crippen LogP contribution is 2.06. The maximum absolute atomic E-state index is 5.37. The van der Waals surface area contributed by atoms with Crippen LogP contribution in [0, 0.1) is 6.07 Å². The van der Waals surface area contributed by atoms with Gasteiger partial charge in [0.05, 0.1) is 6.61 Å². The predicted molar refractivity (Wildman–Crippen MR) is 47.3 cm³/mol. The quantitative estimate of drug-likeness (QED) is 0.620. The number of hydrogen-bond donors (Lipinski definition) is 0. The minimum Gasteiger partial charge on any atom is -0.493 e. The second-order valence-corrected chi connectivity index (χ2v) is 2.42. The summed E-state index contributed by atoms with van der Waals surface area (Å²) >= 11 is 0. The van der Waals surface area contributed by atoms with E-state index in [2.05, 4.69) is 6.07 Å². The van der Waals surface area contributed by atoms with Gasteiger partial charge in [-0.1, -0.05) is 18.2 Å². The molecule has 2 nitrogen and oxygen atoms in total. The fraction of sp³-hybridized carbons (Fsp3) is 0.400. The fourth-order valence-electron chi connectivity index (χ4n) is 0.852. The maximum Gasteiger partial charge on any atom is 0.127 e. The first kappa shape index (κ1) is 9.07. The van der Waals surface area contributed by atoms with Crippen molar-refractivity contribution in [2.24, 2.45) is 0 Å². The number of methoxy groups -OCH3 is 1. The summed E-state index contributed by atoms with van der Waals surface area (Å²) in [6.45, 7) is 1.43. The molecule has 0 N–H and O–H groups in total. The van der Waals surface area contributed by atoms with Crippen LogP contribution < -0.4 is 4.74 Å². The summed E-state index contributed by atoms with van der Waals surface area (Å²) in [5, 5.41) is 0. The molecule has 1 radical (unpaired) electrons. The van der Waals surface area contributed by atoms with E-state index in [9.17, 15) is 0 Å². The first-order chi connectivity index (χ1) is 5.93. The molecule has 0 atom stereocenters. The van der Waals surface area contributed by atoms with Gasteiger partial charge >= 0.3 is 0 Å². The van der Waals surface area contributed by atoms with Gasteiger partial charge in [-0.15, -0.1) is 0 Å². The van der Waals surface area contributed by atoms with Crippen molar-refractivity contribution in [1.82, 2.24) is 0 Å². The van der Waals surface area contributed by atoms with Crippen molar-refractivity contribution >= 4 is 0 Å². The Morgan fingerprint density at radius 1 is 1.33 bits per heavy atom. The Bertz CT molecular complexity index is 196. The molecule has 0 unspecified atom stereocenters. The highest BCUT2D eigenvalue weighted by Gasteiger charge is 1.90. The zero-order chi connectivity index (χ0) is 8.65. The largest absolute Gasteiger partial charge is 0.493 e. The third-order valence-corrected chi connectivity index (χ3v) is 1.43. The van der Waals surface area contributed by atoms with E-state index in [1.165, 1.54) is 0 Å². The molecule has 1 aromatic carbocycles. The molecule has 1 rings (SSSR count). The predicted octanol–water partition coefficient (Wildman–Crippen LogP) is 1.90. The van der Waals surface area contributed by atoms with E-state index in [4.69, 9.17) is 9.47 Å². The maximum atomic E-state index is 5.37. The van der Waals surface area contributed by atoms with Gasteiger partial charge in [-0.2, -0.15) is 0 Å². The van der Waals surface area contributed by atoms with Crippen molar-refractivity contribution in [1.29, 1.82) is 0 Å². The van der Waals surface area contributed by atoms with E-state index in [0.717, 1.165) is 18.8 Å². The van der Waals surface area contributed by atoms with E-state index < -0.39 is 0 Å². The monoisotopic (exact) mass is 165 g/mol. The molecule has 65 valence electrons. The molecule has 0 aromatic heterocycles. The lowest BCUT2D eigenvalue weighted by molar-refractivity contribution is 0.172. The first-order valence-corrected chi connectivity index (χ1v) is 4.02.